The van der Waals surface area contributed by atoms with Gasteiger partial charge >= 0.3 is 0 Å². The van der Waals surface area contributed by atoms with Crippen molar-refractivity contribution in [1.82, 2.24) is 0 Å². The highest BCUT2D eigenvalue weighted by Crippen LogP contribution is 2.14. The molecule has 0 aliphatic rings. The van der Waals surface area contributed by atoms with Crippen LogP contribution in [0, 0.1) is 17.1 Å². The topological polar surface area (TPSA) is 56.0 Å². The molecule has 0 aromatic heterocycles. The molecule has 0 amide bonds. The zero-order chi connectivity index (χ0) is 13.7. The van der Waals surface area contributed by atoms with Crippen molar-refractivity contribution in [3.8, 4) is 11.8 Å². The van der Waals surface area contributed by atoms with E-state index in [4.69, 9.17) is 10.4 Å². The maximum Gasteiger partial charge on any atom is 0.126 e. The smallest absolute Gasteiger partial charge is 0.126 e. The van der Waals surface area contributed by atoms with Gasteiger partial charge in [0.15, 0.2) is 0 Å². The Bertz CT molecular complexity index is 603. The number of nitrogens with one attached hydrogen (secondary N) is 1. The van der Waals surface area contributed by atoms with Crippen LogP contribution < -0.4 is 5.32 Å². The Morgan fingerprint density at radius 1 is 1.16 bits per heavy atom. The van der Waals surface area contributed by atoms with Crippen LogP contribution >= 0.6 is 0 Å². The molecule has 2 rings (SSSR count). The number of phenols is 1. The lowest BCUT2D eigenvalue weighted by Gasteiger charge is -2.07. The average Bonchev–Trinajstić information content (AvgIpc) is 2.40. The summed E-state index contributed by atoms with van der Waals surface area (Å²) < 4.78 is 13.2. The molecule has 0 bridgehead atoms. The lowest BCUT2D eigenvalue weighted by Crippen LogP contribution is -2.05. The molecule has 0 radical (unpaired) electrons. The van der Waals surface area contributed by atoms with Gasteiger partial charge in [0, 0.05) is 12.2 Å². The van der Waals surface area contributed by atoms with Crippen molar-refractivity contribution in [2.45, 2.75) is 6.42 Å². The number of hydrogen-bond donors (Lipinski definition) is 2. The maximum atomic E-state index is 13.2. The van der Waals surface area contributed by atoms with Crippen molar-refractivity contribution in [2.24, 2.45) is 0 Å². The number of hydrogen-bond acceptors (Lipinski definition) is 3. The maximum absolute atomic E-state index is 13.2. The number of rotatable bonds is 4. The Balaban J connectivity index is 1.94. The van der Waals surface area contributed by atoms with Crippen LogP contribution in [0.15, 0.2) is 42.5 Å². The minimum absolute atomic E-state index is 0.237. The second kappa shape index (κ2) is 5.87. The number of aromatic hydroxyl groups is 1. The van der Waals surface area contributed by atoms with E-state index in [1.165, 1.54) is 12.1 Å². The van der Waals surface area contributed by atoms with E-state index in [2.05, 4.69) is 5.32 Å². The third kappa shape index (κ3) is 3.71. The highest BCUT2D eigenvalue weighted by atomic mass is 19.1. The third-order valence-electron chi connectivity index (χ3n) is 2.71. The van der Waals surface area contributed by atoms with Crippen LogP contribution in [0.2, 0.25) is 0 Å². The molecule has 0 aliphatic heterocycles. The molecule has 2 aromatic rings. The van der Waals surface area contributed by atoms with Crippen molar-refractivity contribution in [3.05, 3.63) is 59.4 Å². The molecule has 19 heavy (non-hydrogen) atoms. The number of phenolic OH excluding ortho intramolecular Hbond substituents is 1. The van der Waals surface area contributed by atoms with Gasteiger partial charge < -0.3 is 10.4 Å². The van der Waals surface area contributed by atoms with E-state index in [0.717, 1.165) is 12.0 Å². The number of nitrogens with zero attached hydrogens (tertiary/aromatic N) is 1. The summed E-state index contributed by atoms with van der Waals surface area (Å²) in [7, 11) is 0. The normalized spacial score (nSPS) is 9.89. The fourth-order valence-corrected chi connectivity index (χ4v) is 1.77. The zero-order valence-electron chi connectivity index (χ0n) is 10.2. The standard InChI is InChI=1S/C15H13FN2O/c16-13-7-12(10-17)8-14(9-13)18-6-5-11-1-3-15(19)4-2-11/h1-4,7-9,18-19H,5-6H2. The second-order valence-corrected chi connectivity index (χ2v) is 4.18. The van der Waals surface area contributed by atoms with Crippen LogP contribution in [0.25, 0.3) is 0 Å². The first-order chi connectivity index (χ1) is 9.17. The van der Waals surface area contributed by atoms with E-state index in [1.807, 2.05) is 18.2 Å². The molecule has 3 nitrogen and oxygen atoms in total. The summed E-state index contributed by atoms with van der Waals surface area (Å²) in [6.07, 6.45) is 0.749. The van der Waals surface area contributed by atoms with Crippen LogP contribution in [0.3, 0.4) is 0 Å². The number of nitriles is 1. The summed E-state index contributed by atoms with van der Waals surface area (Å²) in [5, 5.41) is 21.0. The van der Waals surface area contributed by atoms with Crippen molar-refractivity contribution in [3.63, 3.8) is 0 Å². The molecule has 96 valence electrons. The highest BCUT2D eigenvalue weighted by molar-refractivity contribution is 5.49. The fraction of sp³-hybridized carbons (Fsp3) is 0.133. The molecule has 0 heterocycles. The van der Waals surface area contributed by atoms with Crippen LogP contribution in [0.5, 0.6) is 5.75 Å². The van der Waals surface area contributed by atoms with Crippen molar-refractivity contribution in [2.75, 3.05) is 11.9 Å². The lowest BCUT2D eigenvalue weighted by molar-refractivity contribution is 0.475. The Morgan fingerprint density at radius 3 is 2.58 bits per heavy atom. The lowest BCUT2D eigenvalue weighted by atomic mass is 10.1. The number of anilines is 1. The van der Waals surface area contributed by atoms with Crippen molar-refractivity contribution >= 4 is 5.69 Å². The quantitative estimate of drug-likeness (QED) is 0.884. The summed E-state index contributed by atoms with van der Waals surface area (Å²) in [4.78, 5) is 0. The largest absolute Gasteiger partial charge is 0.508 e. The number of halogens is 1. The van der Waals surface area contributed by atoms with Crippen LogP contribution in [-0.2, 0) is 6.42 Å². The molecule has 0 aliphatic carbocycles. The highest BCUT2D eigenvalue weighted by Gasteiger charge is 2.00. The van der Waals surface area contributed by atoms with Gasteiger partial charge in [0.25, 0.3) is 0 Å². The Labute approximate surface area is 110 Å². The monoisotopic (exact) mass is 256 g/mol. The molecule has 4 heteroatoms. The molecular weight excluding hydrogens is 243 g/mol. The van der Waals surface area contributed by atoms with E-state index in [1.54, 1.807) is 18.2 Å². The molecule has 0 fully saturated rings. The average molecular weight is 256 g/mol. The van der Waals surface area contributed by atoms with Gasteiger partial charge in [-0.2, -0.15) is 5.26 Å². The van der Waals surface area contributed by atoms with E-state index in [-0.39, 0.29) is 5.75 Å². The van der Waals surface area contributed by atoms with Crippen molar-refractivity contribution in [1.29, 1.82) is 5.26 Å². The van der Waals surface area contributed by atoms with Gasteiger partial charge in [-0.3, -0.25) is 0 Å². The summed E-state index contributed by atoms with van der Waals surface area (Å²) in [6, 6.07) is 13.0. The van der Waals surface area contributed by atoms with E-state index < -0.39 is 5.82 Å². The van der Waals surface area contributed by atoms with Crippen molar-refractivity contribution < 1.29 is 9.50 Å². The van der Waals surface area contributed by atoms with E-state index >= 15 is 0 Å². The minimum atomic E-state index is -0.425. The summed E-state index contributed by atoms with van der Waals surface area (Å²) >= 11 is 0. The Kier molecular flexibility index (Phi) is 3.99. The first kappa shape index (κ1) is 12.9. The Hall–Kier alpha value is -2.54. The predicted molar refractivity (Wildman–Crippen MR) is 71.4 cm³/mol. The first-order valence-electron chi connectivity index (χ1n) is 5.90. The van der Waals surface area contributed by atoms with Crippen LogP contribution in [0.1, 0.15) is 11.1 Å². The molecule has 2 aromatic carbocycles. The Morgan fingerprint density at radius 2 is 1.89 bits per heavy atom. The van der Waals surface area contributed by atoms with Gasteiger partial charge in [0.05, 0.1) is 11.6 Å². The summed E-state index contributed by atoms with van der Waals surface area (Å²) in [6.45, 7) is 0.624. The molecule has 0 unspecified atom stereocenters. The van der Waals surface area contributed by atoms with Gasteiger partial charge in [-0.05, 0) is 42.3 Å². The molecule has 0 saturated heterocycles. The van der Waals surface area contributed by atoms with Crippen LogP contribution in [0.4, 0.5) is 10.1 Å². The molecule has 0 atom stereocenters. The van der Waals surface area contributed by atoms with Gasteiger partial charge in [-0.1, -0.05) is 12.1 Å². The SMILES string of the molecule is N#Cc1cc(F)cc(NCCc2ccc(O)cc2)c1. The predicted octanol–water partition coefficient (Wildman–Crippen LogP) is 3.06. The fourth-order valence-electron chi connectivity index (χ4n) is 1.77. The van der Waals surface area contributed by atoms with Crippen LogP contribution in [-0.4, -0.2) is 11.7 Å². The van der Waals surface area contributed by atoms with Gasteiger partial charge in [0.2, 0.25) is 0 Å². The molecule has 0 saturated carbocycles. The van der Waals surface area contributed by atoms with Gasteiger partial charge in [-0.15, -0.1) is 0 Å². The zero-order valence-corrected chi connectivity index (χ0v) is 10.2. The van der Waals surface area contributed by atoms with E-state index in [9.17, 15) is 4.39 Å². The first-order valence-corrected chi connectivity index (χ1v) is 5.90. The number of benzene rings is 2. The summed E-state index contributed by atoms with van der Waals surface area (Å²) in [5.41, 5.74) is 1.96. The van der Waals surface area contributed by atoms with Gasteiger partial charge in [-0.25, -0.2) is 4.39 Å². The third-order valence-corrected chi connectivity index (χ3v) is 2.71. The molecular formula is C15H13FN2O. The molecule has 0 spiro atoms. The summed E-state index contributed by atoms with van der Waals surface area (Å²) in [5.74, 6) is -0.188. The van der Waals surface area contributed by atoms with E-state index in [0.29, 0.717) is 17.8 Å². The van der Waals surface area contributed by atoms with Gasteiger partial charge in [0.1, 0.15) is 11.6 Å². The molecule has 2 N–H and O–H groups in total. The second-order valence-electron chi connectivity index (χ2n) is 4.18. The minimum Gasteiger partial charge on any atom is -0.508 e.